The molecule has 0 bridgehead atoms. The number of halogens is 5. The minimum Gasteiger partial charge on any atom is -0.478 e. The zero-order valence-electron chi connectivity index (χ0n) is 7.01. The van der Waals surface area contributed by atoms with E-state index in [2.05, 4.69) is 0 Å². The molecular formula is C8H5Cl5O2. The molecule has 0 heterocycles. The molecule has 0 aliphatic heterocycles. The third-order valence-electron chi connectivity index (χ3n) is 1.53. The van der Waals surface area contributed by atoms with Gasteiger partial charge in [0.05, 0.1) is 5.56 Å². The molecule has 15 heavy (non-hydrogen) atoms. The van der Waals surface area contributed by atoms with Crippen LogP contribution in [0, 0.1) is 0 Å². The lowest BCUT2D eigenvalue weighted by Crippen LogP contribution is -2.10. The van der Waals surface area contributed by atoms with Crippen LogP contribution in [0.1, 0.15) is 15.9 Å². The van der Waals surface area contributed by atoms with E-state index in [9.17, 15) is 4.79 Å². The highest BCUT2D eigenvalue weighted by molar-refractivity contribution is 6.67. The molecule has 0 aromatic heterocycles. The van der Waals surface area contributed by atoms with E-state index in [1.54, 1.807) is 0 Å². The molecule has 1 aromatic rings. The maximum absolute atomic E-state index is 10.8. The molecule has 0 saturated heterocycles. The van der Waals surface area contributed by atoms with Crippen LogP contribution in [0.25, 0.3) is 0 Å². The van der Waals surface area contributed by atoms with E-state index in [0.717, 1.165) is 0 Å². The Bertz CT molecular complexity index is 372. The highest BCUT2D eigenvalue weighted by atomic mass is 35.6. The summed E-state index contributed by atoms with van der Waals surface area (Å²) >= 11 is 22.5. The fourth-order valence-electron chi connectivity index (χ4n) is 0.990. The molecule has 7 heteroatoms. The number of rotatable bonds is 1. The van der Waals surface area contributed by atoms with Gasteiger partial charge < -0.3 is 5.11 Å². The van der Waals surface area contributed by atoms with Crippen molar-refractivity contribution in [3.05, 3.63) is 34.3 Å². The van der Waals surface area contributed by atoms with Crippen LogP contribution in [0.2, 0.25) is 5.02 Å². The number of carboxylic acid groups (broad SMARTS) is 1. The van der Waals surface area contributed by atoms with E-state index in [-0.39, 0.29) is 28.6 Å². The first kappa shape index (κ1) is 15.1. The fraction of sp³-hybridized carbons (Fsp3) is 0.125. The summed E-state index contributed by atoms with van der Waals surface area (Å²) in [5.74, 6) is -1.19. The lowest BCUT2D eigenvalue weighted by molar-refractivity contribution is 0.0695. The van der Waals surface area contributed by atoms with E-state index in [1.165, 1.54) is 18.2 Å². The average Bonchev–Trinajstić information content (AvgIpc) is 2.01. The summed E-state index contributed by atoms with van der Waals surface area (Å²) < 4.78 is -1.84. The number of carboxylic acids is 1. The van der Waals surface area contributed by atoms with Crippen LogP contribution < -0.4 is 0 Å². The van der Waals surface area contributed by atoms with Crippen LogP contribution in [0.5, 0.6) is 0 Å². The molecule has 0 amide bonds. The standard InChI is InChI=1S/C8H4Cl4O2.ClH/c9-5-3-1-2-4(7(13)14)6(5)8(10,11)12;/h1-3H,(H,13,14);1H. The second-order valence-electron chi connectivity index (χ2n) is 2.47. The Kier molecular flexibility index (Phi) is 5.51. The molecule has 0 atom stereocenters. The van der Waals surface area contributed by atoms with Gasteiger partial charge in [-0.05, 0) is 12.1 Å². The van der Waals surface area contributed by atoms with Crippen molar-refractivity contribution in [3.63, 3.8) is 0 Å². The molecule has 0 radical (unpaired) electrons. The Morgan fingerprint density at radius 3 is 2.13 bits per heavy atom. The largest absolute Gasteiger partial charge is 0.478 e. The Morgan fingerprint density at radius 2 is 1.80 bits per heavy atom. The van der Waals surface area contributed by atoms with E-state index >= 15 is 0 Å². The Balaban J connectivity index is 0.00000196. The number of hydrogen-bond acceptors (Lipinski definition) is 1. The molecule has 0 spiro atoms. The van der Waals surface area contributed by atoms with Gasteiger partial charge in [-0.15, -0.1) is 12.4 Å². The number of carbonyl (C=O) groups is 1. The van der Waals surface area contributed by atoms with E-state index < -0.39 is 9.76 Å². The number of alkyl halides is 3. The molecule has 1 aromatic carbocycles. The van der Waals surface area contributed by atoms with E-state index in [0.29, 0.717) is 0 Å². The SMILES string of the molecule is Cl.O=C(O)c1cccc(Cl)c1C(Cl)(Cl)Cl. The minimum absolute atomic E-state index is 0. The number of benzene rings is 1. The van der Waals surface area contributed by atoms with Crippen molar-refractivity contribution in [2.24, 2.45) is 0 Å². The molecule has 0 fully saturated rings. The minimum atomic E-state index is -1.84. The molecule has 0 aliphatic carbocycles. The van der Waals surface area contributed by atoms with Gasteiger partial charge in [0.15, 0.2) is 0 Å². The van der Waals surface area contributed by atoms with Crippen LogP contribution in [-0.2, 0) is 3.79 Å². The maximum Gasteiger partial charge on any atom is 0.336 e. The average molecular weight is 310 g/mol. The van der Waals surface area contributed by atoms with Crippen molar-refractivity contribution in [1.82, 2.24) is 0 Å². The maximum atomic E-state index is 10.8. The molecule has 0 saturated carbocycles. The predicted octanol–water partition coefficient (Wildman–Crippen LogP) is 4.29. The van der Waals surface area contributed by atoms with Crippen molar-refractivity contribution in [1.29, 1.82) is 0 Å². The lowest BCUT2D eigenvalue weighted by Gasteiger charge is -2.15. The quantitative estimate of drug-likeness (QED) is 0.786. The fourth-order valence-corrected chi connectivity index (χ4v) is 2.06. The number of aromatic carboxylic acids is 1. The van der Waals surface area contributed by atoms with Crippen molar-refractivity contribution in [3.8, 4) is 0 Å². The highest BCUT2D eigenvalue weighted by Crippen LogP contribution is 2.43. The first-order valence-electron chi connectivity index (χ1n) is 3.43. The van der Waals surface area contributed by atoms with E-state index in [1.807, 2.05) is 0 Å². The molecule has 2 nitrogen and oxygen atoms in total. The van der Waals surface area contributed by atoms with Crippen LogP contribution in [0.4, 0.5) is 0 Å². The van der Waals surface area contributed by atoms with Crippen molar-refractivity contribution >= 4 is 64.8 Å². The second kappa shape index (κ2) is 5.46. The van der Waals surface area contributed by atoms with Crippen molar-refractivity contribution in [2.45, 2.75) is 3.79 Å². The van der Waals surface area contributed by atoms with Gasteiger partial charge in [-0.1, -0.05) is 52.5 Å². The van der Waals surface area contributed by atoms with Crippen LogP contribution >= 0.6 is 58.8 Å². The summed E-state index contributed by atoms with van der Waals surface area (Å²) in [5, 5.41) is 8.93. The van der Waals surface area contributed by atoms with Gasteiger partial charge in [0.2, 0.25) is 3.79 Å². The summed E-state index contributed by atoms with van der Waals surface area (Å²) in [4.78, 5) is 10.8. The Labute approximate surface area is 112 Å². The van der Waals surface area contributed by atoms with Crippen LogP contribution in [0.15, 0.2) is 18.2 Å². The zero-order chi connectivity index (χ0) is 10.9. The topological polar surface area (TPSA) is 37.3 Å². The summed E-state index contributed by atoms with van der Waals surface area (Å²) in [6.45, 7) is 0. The molecular weight excluding hydrogens is 305 g/mol. The predicted molar refractivity (Wildman–Crippen MR) is 64.9 cm³/mol. The third-order valence-corrected chi connectivity index (χ3v) is 2.41. The van der Waals surface area contributed by atoms with E-state index in [4.69, 9.17) is 51.5 Å². The first-order valence-corrected chi connectivity index (χ1v) is 4.94. The summed E-state index contributed by atoms with van der Waals surface area (Å²) in [6, 6.07) is 4.27. The van der Waals surface area contributed by atoms with Gasteiger partial charge >= 0.3 is 5.97 Å². The van der Waals surface area contributed by atoms with Crippen LogP contribution in [0.3, 0.4) is 0 Å². The van der Waals surface area contributed by atoms with Gasteiger partial charge in [-0.25, -0.2) is 4.79 Å². The highest BCUT2D eigenvalue weighted by Gasteiger charge is 2.31. The third kappa shape index (κ3) is 3.58. The first-order chi connectivity index (χ1) is 6.34. The molecule has 1 N–H and O–H groups in total. The van der Waals surface area contributed by atoms with Crippen molar-refractivity contribution < 1.29 is 9.90 Å². The second-order valence-corrected chi connectivity index (χ2v) is 5.15. The van der Waals surface area contributed by atoms with Gasteiger partial charge in [-0.2, -0.15) is 0 Å². The van der Waals surface area contributed by atoms with Crippen molar-refractivity contribution in [2.75, 3.05) is 0 Å². The Morgan fingerprint density at radius 1 is 1.27 bits per heavy atom. The smallest absolute Gasteiger partial charge is 0.336 e. The summed E-state index contributed by atoms with van der Waals surface area (Å²) in [5.41, 5.74) is -0.128. The summed E-state index contributed by atoms with van der Waals surface area (Å²) in [6.07, 6.45) is 0. The number of hydrogen-bond donors (Lipinski definition) is 1. The molecule has 84 valence electrons. The monoisotopic (exact) mass is 308 g/mol. The van der Waals surface area contributed by atoms with Gasteiger partial charge in [0, 0.05) is 10.6 Å². The van der Waals surface area contributed by atoms with Gasteiger partial charge in [0.25, 0.3) is 0 Å². The summed E-state index contributed by atoms with van der Waals surface area (Å²) in [7, 11) is 0. The zero-order valence-corrected chi connectivity index (χ0v) is 10.8. The molecule has 0 aliphatic rings. The van der Waals surface area contributed by atoms with Crippen LogP contribution in [-0.4, -0.2) is 11.1 Å². The Hall–Kier alpha value is 0.140. The van der Waals surface area contributed by atoms with Gasteiger partial charge in [0.1, 0.15) is 0 Å². The molecule has 1 rings (SSSR count). The normalized spacial score (nSPS) is 10.7. The lowest BCUT2D eigenvalue weighted by atomic mass is 10.1. The molecule has 0 unspecified atom stereocenters. The van der Waals surface area contributed by atoms with Gasteiger partial charge in [-0.3, -0.25) is 0 Å².